The van der Waals surface area contributed by atoms with Crippen molar-refractivity contribution in [2.75, 3.05) is 16.2 Å². The third-order valence-corrected chi connectivity index (χ3v) is 6.19. The predicted molar refractivity (Wildman–Crippen MR) is 105 cm³/mol. The molecule has 3 rings (SSSR count). The number of sulfonamides is 1. The largest absolute Gasteiger partial charge is 0.422 e. The molecule has 13 heteroatoms. The minimum absolute atomic E-state index is 0.0618. The fourth-order valence-corrected chi connectivity index (χ4v) is 4.74. The highest BCUT2D eigenvalue weighted by molar-refractivity contribution is 7.91. The van der Waals surface area contributed by atoms with E-state index in [0.29, 0.717) is 30.6 Å². The topological polar surface area (TPSA) is 66.5 Å². The van der Waals surface area contributed by atoms with Crippen molar-refractivity contribution in [1.82, 2.24) is 0 Å². The standard InChI is InChI=1S/C20H17F7N2O3S/c1-2-7-29-13-5-4-11(8-10(13)3-6-14(29)30)28-33(31,32)9-12-16(21)18(23)15(20(25,26)27)19(24)17(12)22/h4-5,8,28H,2-3,6-7,9H2,1H3. The molecule has 1 aliphatic heterocycles. The van der Waals surface area contributed by atoms with Crippen molar-refractivity contribution in [2.24, 2.45) is 0 Å². The molecule has 0 saturated heterocycles. The number of nitrogens with zero attached hydrogens (tertiary/aromatic N) is 1. The number of amides is 1. The molecular formula is C20H17F7N2O3S. The van der Waals surface area contributed by atoms with E-state index >= 15 is 0 Å². The van der Waals surface area contributed by atoms with E-state index in [9.17, 15) is 43.9 Å². The van der Waals surface area contributed by atoms with E-state index in [4.69, 9.17) is 0 Å². The van der Waals surface area contributed by atoms with Crippen molar-refractivity contribution in [3.8, 4) is 0 Å². The summed E-state index contributed by atoms with van der Waals surface area (Å²) in [6, 6.07) is 4.14. The molecule has 2 aromatic carbocycles. The molecule has 0 radical (unpaired) electrons. The number of nitrogens with one attached hydrogen (secondary N) is 1. The van der Waals surface area contributed by atoms with Crippen LogP contribution in [0.25, 0.3) is 0 Å². The van der Waals surface area contributed by atoms with Crippen molar-refractivity contribution in [1.29, 1.82) is 0 Å². The molecule has 0 aromatic heterocycles. The van der Waals surface area contributed by atoms with Gasteiger partial charge in [-0.15, -0.1) is 0 Å². The van der Waals surface area contributed by atoms with E-state index in [1.807, 2.05) is 11.6 Å². The molecule has 0 spiro atoms. The highest BCUT2D eigenvalue weighted by atomic mass is 32.2. The molecule has 0 bridgehead atoms. The summed E-state index contributed by atoms with van der Waals surface area (Å²) in [5.41, 5.74) is -3.36. The van der Waals surface area contributed by atoms with Gasteiger partial charge >= 0.3 is 6.18 Å². The number of carbonyl (C=O) groups is 1. The number of anilines is 2. The molecule has 0 aliphatic carbocycles. The molecule has 0 atom stereocenters. The fourth-order valence-electron chi connectivity index (χ4n) is 3.55. The number of carbonyl (C=O) groups excluding carboxylic acids is 1. The van der Waals surface area contributed by atoms with Gasteiger partial charge in [-0.2, -0.15) is 13.2 Å². The van der Waals surface area contributed by atoms with Crippen LogP contribution in [0.4, 0.5) is 42.1 Å². The summed E-state index contributed by atoms with van der Waals surface area (Å²) in [6.45, 7) is 2.32. The number of hydrogen-bond acceptors (Lipinski definition) is 3. The monoisotopic (exact) mass is 498 g/mol. The molecule has 1 heterocycles. The summed E-state index contributed by atoms with van der Waals surface area (Å²) in [5.74, 6) is -12.1. The Balaban J connectivity index is 1.91. The second kappa shape index (κ2) is 8.84. The Labute approximate surface area is 184 Å². The maximum absolute atomic E-state index is 14.1. The molecule has 0 saturated carbocycles. The Morgan fingerprint density at radius 3 is 2.15 bits per heavy atom. The van der Waals surface area contributed by atoms with Gasteiger partial charge in [0.2, 0.25) is 15.9 Å². The van der Waals surface area contributed by atoms with Gasteiger partial charge < -0.3 is 4.90 Å². The van der Waals surface area contributed by atoms with E-state index in [1.54, 1.807) is 0 Å². The van der Waals surface area contributed by atoms with E-state index in [0.717, 1.165) is 0 Å². The molecule has 5 nitrogen and oxygen atoms in total. The third kappa shape index (κ3) is 4.92. The maximum Gasteiger partial charge on any atom is 0.422 e. The summed E-state index contributed by atoms with van der Waals surface area (Å²) < 4.78 is 121. The zero-order chi connectivity index (χ0) is 24.7. The van der Waals surface area contributed by atoms with Crippen LogP contribution >= 0.6 is 0 Å². The minimum atomic E-state index is -5.73. The Morgan fingerprint density at radius 2 is 1.61 bits per heavy atom. The van der Waals surface area contributed by atoms with Crippen LogP contribution in [0.2, 0.25) is 0 Å². The Bertz CT molecular complexity index is 1180. The Morgan fingerprint density at radius 1 is 1.00 bits per heavy atom. The highest BCUT2D eigenvalue weighted by Gasteiger charge is 2.42. The van der Waals surface area contributed by atoms with Crippen LogP contribution < -0.4 is 9.62 Å². The molecule has 180 valence electrons. The van der Waals surface area contributed by atoms with Crippen molar-refractivity contribution >= 4 is 27.3 Å². The first kappa shape index (κ1) is 24.8. The van der Waals surface area contributed by atoms with Gasteiger partial charge in [0, 0.05) is 29.9 Å². The maximum atomic E-state index is 14.1. The van der Waals surface area contributed by atoms with Gasteiger partial charge in [0.1, 0.15) is 11.3 Å². The lowest BCUT2D eigenvalue weighted by molar-refractivity contribution is -0.143. The number of benzene rings is 2. The van der Waals surface area contributed by atoms with Crippen molar-refractivity contribution in [3.05, 3.63) is 58.2 Å². The number of rotatable bonds is 6. The molecule has 1 amide bonds. The Kier molecular flexibility index (Phi) is 6.65. The van der Waals surface area contributed by atoms with Gasteiger partial charge in [-0.05, 0) is 36.6 Å². The number of fused-ring (bicyclic) bond motifs is 1. The van der Waals surface area contributed by atoms with Crippen LogP contribution in [-0.4, -0.2) is 20.9 Å². The first-order valence-corrected chi connectivity index (χ1v) is 11.3. The first-order valence-electron chi connectivity index (χ1n) is 9.62. The average molecular weight is 498 g/mol. The van der Waals surface area contributed by atoms with Gasteiger partial charge in [0.25, 0.3) is 0 Å². The van der Waals surface area contributed by atoms with Crippen LogP contribution in [0.1, 0.15) is 36.5 Å². The van der Waals surface area contributed by atoms with Gasteiger partial charge in [-0.25, -0.2) is 26.0 Å². The normalized spacial score (nSPS) is 14.4. The van der Waals surface area contributed by atoms with Crippen molar-refractivity contribution in [2.45, 2.75) is 38.1 Å². The molecule has 1 N–H and O–H groups in total. The number of alkyl halides is 3. The average Bonchev–Trinajstić information content (AvgIpc) is 2.71. The quantitative estimate of drug-likeness (QED) is 0.456. The summed E-state index contributed by atoms with van der Waals surface area (Å²) >= 11 is 0. The van der Waals surface area contributed by atoms with Crippen LogP contribution in [-0.2, 0) is 33.2 Å². The van der Waals surface area contributed by atoms with E-state index in [1.165, 1.54) is 23.1 Å². The number of halogens is 7. The SMILES string of the molecule is CCCN1C(=O)CCc2cc(NS(=O)(=O)Cc3c(F)c(F)c(C(F)(F)F)c(F)c3F)ccc21. The minimum Gasteiger partial charge on any atom is -0.312 e. The lowest BCUT2D eigenvalue weighted by Crippen LogP contribution is -2.35. The van der Waals surface area contributed by atoms with E-state index in [2.05, 4.69) is 0 Å². The molecule has 1 aliphatic rings. The van der Waals surface area contributed by atoms with E-state index in [-0.39, 0.29) is 18.0 Å². The Hall–Kier alpha value is -2.83. The zero-order valence-corrected chi connectivity index (χ0v) is 17.8. The molecule has 0 unspecified atom stereocenters. The van der Waals surface area contributed by atoms with Crippen molar-refractivity contribution in [3.63, 3.8) is 0 Å². The highest BCUT2D eigenvalue weighted by Crippen LogP contribution is 2.37. The summed E-state index contributed by atoms with van der Waals surface area (Å²) in [5, 5.41) is 0. The summed E-state index contributed by atoms with van der Waals surface area (Å²) in [4.78, 5) is 13.6. The van der Waals surface area contributed by atoms with Gasteiger partial charge in [0.05, 0.1) is 0 Å². The number of hydrogen-bond donors (Lipinski definition) is 1. The van der Waals surface area contributed by atoms with Crippen LogP contribution in [0.15, 0.2) is 18.2 Å². The summed E-state index contributed by atoms with van der Waals surface area (Å²) in [7, 11) is -4.70. The summed E-state index contributed by atoms with van der Waals surface area (Å²) in [6.07, 6.45) is -4.56. The predicted octanol–water partition coefficient (Wildman–Crippen LogP) is 4.89. The van der Waals surface area contributed by atoms with Gasteiger partial charge in [0.15, 0.2) is 23.3 Å². The first-order chi connectivity index (χ1) is 15.3. The lowest BCUT2D eigenvalue weighted by Gasteiger charge is -2.29. The molecular weight excluding hydrogens is 481 g/mol. The van der Waals surface area contributed by atoms with Gasteiger partial charge in [-0.3, -0.25) is 9.52 Å². The van der Waals surface area contributed by atoms with E-state index < -0.39 is 56.3 Å². The van der Waals surface area contributed by atoms with Crippen molar-refractivity contribution < 1.29 is 43.9 Å². The smallest absolute Gasteiger partial charge is 0.312 e. The third-order valence-electron chi connectivity index (χ3n) is 4.97. The molecule has 2 aromatic rings. The number of aryl methyl sites for hydroxylation is 1. The van der Waals surface area contributed by atoms with Gasteiger partial charge in [-0.1, -0.05) is 6.92 Å². The van der Waals surface area contributed by atoms with Crippen LogP contribution in [0, 0.1) is 23.3 Å². The zero-order valence-electron chi connectivity index (χ0n) is 17.0. The lowest BCUT2D eigenvalue weighted by atomic mass is 10.0. The molecule has 33 heavy (non-hydrogen) atoms. The van der Waals surface area contributed by atoms with Crippen LogP contribution in [0.3, 0.4) is 0 Å². The second-order valence-corrected chi connectivity index (χ2v) is 9.08. The fraction of sp³-hybridized carbons (Fsp3) is 0.350. The molecule has 0 fully saturated rings. The second-order valence-electron chi connectivity index (χ2n) is 7.36. The van der Waals surface area contributed by atoms with Crippen LogP contribution in [0.5, 0.6) is 0 Å².